The van der Waals surface area contributed by atoms with Gasteiger partial charge >= 0.3 is 0 Å². The Balaban J connectivity index is 1.92. The zero-order chi connectivity index (χ0) is 26.9. The van der Waals surface area contributed by atoms with Crippen LogP contribution in [0.15, 0.2) is 54.6 Å². The number of nitrogen functional groups attached to an aromatic ring is 6. The van der Waals surface area contributed by atoms with Gasteiger partial charge in [0, 0.05) is 53.9 Å². The van der Waals surface area contributed by atoms with E-state index >= 15 is 0 Å². The Morgan fingerprint density at radius 2 is 1.05 bits per heavy atom. The van der Waals surface area contributed by atoms with Crippen LogP contribution in [0.25, 0.3) is 43.8 Å². The highest BCUT2D eigenvalue weighted by Crippen LogP contribution is 2.54. The van der Waals surface area contributed by atoms with Crippen molar-refractivity contribution in [2.75, 3.05) is 47.5 Å². The number of nitrogens with zero attached hydrogens (tertiary/aromatic N) is 1. The first-order valence-electron chi connectivity index (χ1n) is 12.1. The van der Waals surface area contributed by atoms with Crippen molar-refractivity contribution in [2.24, 2.45) is 0 Å². The number of hydrogen-bond donors (Lipinski definition) is 6. The smallest absolute Gasteiger partial charge is 0.0799 e. The monoisotopic (exact) mass is 727 g/mol. The molecule has 7 nitrogen and oxygen atoms in total. The molecule has 5 aromatic rings. The number of fused-ring (bicyclic) bond motifs is 2. The van der Waals surface area contributed by atoms with Crippen LogP contribution < -0.4 is 34.4 Å². The molecule has 192 valence electrons. The van der Waals surface area contributed by atoms with Gasteiger partial charge in [0.25, 0.3) is 0 Å². The second-order valence-electron chi connectivity index (χ2n) is 9.70. The minimum atomic E-state index is 0.358. The van der Waals surface area contributed by atoms with Gasteiger partial charge in [0.2, 0.25) is 0 Å². The Labute approximate surface area is 247 Å². The summed E-state index contributed by atoms with van der Waals surface area (Å²) in [6, 6.07) is 18.6. The third kappa shape index (κ3) is 3.78. The minimum absolute atomic E-state index is 0.358. The van der Waals surface area contributed by atoms with Gasteiger partial charge in [-0.2, -0.15) is 0 Å². The number of anilines is 6. The Kier molecular flexibility index (Phi) is 6.11. The Hall–Kier alpha value is -3.16. The zero-order valence-electron chi connectivity index (χ0n) is 20.5. The molecule has 0 bridgehead atoms. The van der Waals surface area contributed by atoms with Crippen LogP contribution in [0, 0.1) is 7.14 Å². The second kappa shape index (κ2) is 9.24. The van der Waals surface area contributed by atoms with E-state index in [4.69, 9.17) is 34.4 Å². The quantitative estimate of drug-likeness (QED) is 0.0587. The SMILES string of the molecule is Nc1c(N)c(I)c2c(-c3cccc(CN4CC4)c3)c3c(I)c(N)c(N)c(N)c3c(-c3ccccc3)c2c1N. The number of rotatable bonds is 4. The van der Waals surface area contributed by atoms with E-state index in [1.165, 1.54) is 5.56 Å². The van der Waals surface area contributed by atoms with Crippen molar-refractivity contribution in [3.63, 3.8) is 0 Å². The maximum atomic E-state index is 6.81. The van der Waals surface area contributed by atoms with Gasteiger partial charge < -0.3 is 34.4 Å². The van der Waals surface area contributed by atoms with Crippen LogP contribution in [0.5, 0.6) is 0 Å². The molecule has 0 spiro atoms. The lowest BCUT2D eigenvalue weighted by molar-refractivity contribution is 0.556. The molecule has 12 N–H and O–H groups in total. The van der Waals surface area contributed by atoms with E-state index in [2.05, 4.69) is 74.3 Å². The first-order valence-corrected chi connectivity index (χ1v) is 14.3. The fourth-order valence-corrected chi connectivity index (χ4v) is 6.95. The third-order valence-corrected chi connectivity index (χ3v) is 9.58. The number of hydrogen-bond acceptors (Lipinski definition) is 7. The zero-order valence-corrected chi connectivity index (χ0v) is 24.8. The Bertz CT molecular complexity index is 1700. The van der Waals surface area contributed by atoms with Crippen molar-refractivity contribution in [1.29, 1.82) is 0 Å². The van der Waals surface area contributed by atoms with Crippen molar-refractivity contribution in [1.82, 2.24) is 4.90 Å². The standard InChI is InChI=1S/C29H27I2N7/c30-22-18-17(15-8-4-5-13(11-15)12-38-9-10-38)19-21(25(33)29(37)27(35)23(19)31)16(14-6-2-1-3-7-14)20(18)24(32)28(36)26(22)34/h1-8,11H,9-10,12,32-37H2. The molecule has 38 heavy (non-hydrogen) atoms. The molecule has 0 saturated carbocycles. The van der Waals surface area contributed by atoms with Crippen molar-refractivity contribution in [3.05, 3.63) is 67.3 Å². The summed E-state index contributed by atoms with van der Waals surface area (Å²) in [5.74, 6) is 0. The predicted octanol–water partition coefficient (Wildman–Crippen LogP) is 5.85. The van der Waals surface area contributed by atoms with Crippen molar-refractivity contribution < 1.29 is 0 Å². The molecule has 1 fully saturated rings. The molecule has 0 aromatic heterocycles. The summed E-state index contributed by atoms with van der Waals surface area (Å²) in [7, 11) is 0. The highest BCUT2D eigenvalue weighted by atomic mass is 127. The highest BCUT2D eigenvalue weighted by molar-refractivity contribution is 14.1. The van der Waals surface area contributed by atoms with Gasteiger partial charge in [-0.25, -0.2) is 0 Å². The molecule has 1 aliphatic rings. The lowest BCUT2D eigenvalue weighted by Gasteiger charge is -2.25. The van der Waals surface area contributed by atoms with Gasteiger partial charge in [-0.3, -0.25) is 4.90 Å². The van der Waals surface area contributed by atoms with Crippen LogP contribution in [0.2, 0.25) is 0 Å². The molecule has 0 unspecified atom stereocenters. The summed E-state index contributed by atoms with van der Waals surface area (Å²) in [5, 5.41) is 3.45. The molecule has 1 heterocycles. The fourth-order valence-electron chi connectivity index (χ4n) is 5.29. The largest absolute Gasteiger partial charge is 0.396 e. The summed E-state index contributed by atoms with van der Waals surface area (Å²) in [6.45, 7) is 3.14. The van der Waals surface area contributed by atoms with Crippen molar-refractivity contribution >= 4 is 101 Å². The lowest BCUT2D eigenvalue weighted by Crippen LogP contribution is -2.09. The van der Waals surface area contributed by atoms with E-state index in [1.54, 1.807) is 0 Å². The molecule has 1 saturated heterocycles. The molecule has 9 heteroatoms. The topological polar surface area (TPSA) is 159 Å². The second-order valence-corrected chi connectivity index (χ2v) is 11.9. The number of benzene rings is 5. The van der Waals surface area contributed by atoms with Gasteiger partial charge in [-0.1, -0.05) is 48.5 Å². The first kappa shape index (κ1) is 25.1. The number of halogens is 2. The molecule has 0 atom stereocenters. The van der Waals surface area contributed by atoms with E-state index in [1.807, 2.05) is 30.3 Å². The fraction of sp³-hybridized carbons (Fsp3) is 0.103. The Morgan fingerprint density at radius 3 is 1.58 bits per heavy atom. The molecule has 6 rings (SSSR count). The molecule has 1 aliphatic heterocycles. The molecule has 0 amide bonds. The average molecular weight is 727 g/mol. The summed E-state index contributed by atoms with van der Waals surface area (Å²) in [6.07, 6.45) is 0. The summed E-state index contributed by atoms with van der Waals surface area (Å²) < 4.78 is 1.67. The van der Waals surface area contributed by atoms with E-state index in [-0.39, 0.29) is 0 Å². The molecular weight excluding hydrogens is 700 g/mol. The van der Waals surface area contributed by atoms with E-state index < -0.39 is 0 Å². The summed E-state index contributed by atoms with van der Waals surface area (Å²) in [5.41, 5.74) is 47.3. The molecule has 5 aromatic carbocycles. The van der Waals surface area contributed by atoms with Gasteiger partial charge in [-0.15, -0.1) is 0 Å². The maximum absolute atomic E-state index is 6.81. The Morgan fingerprint density at radius 1 is 0.553 bits per heavy atom. The predicted molar refractivity (Wildman–Crippen MR) is 180 cm³/mol. The third-order valence-electron chi connectivity index (χ3n) is 7.34. The lowest BCUT2D eigenvalue weighted by atomic mass is 9.83. The average Bonchev–Trinajstić information content (AvgIpc) is 3.75. The van der Waals surface area contributed by atoms with Crippen molar-refractivity contribution in [2.45, 2.75) is 6.54 Å². The first-order chi connectivity index (χ1) is 18.2. The normalized spacial score (nSPS) is 13.4. The van der Waals surface area contributed by atoms with Crippen LogP contribution >= 0.6 is 45.2 Å². The summed E-state index contributed by atoms with van der Waals surface area (Å²) >= 11 is 4.56. The van der Waals surface area contributed by atoms with Gasteiger partial charge in [0.15, 0.2) is 0 Å². The van der Waals surface area contributed by atoms with Crippen LogP contribution in [-0.2, 0) is 6.54 Å². The molecule has 0 radical (unpaired) electrons. The number of nitrogens with two attached hydrogens (primary N) is 6. The van der Waals surface area contributed by atoms with Crippen LogP contribution in [0.3, 0.4) is 0 Å². The van der Waals surface area contributed by atoms with Crippen LogP contribution in [-0.4, -0.2) is 18.0 Å². The maximum Gasteiger partial charge on any atom is 0.0799 e. The van der Waals surface area contributed by atoms with E-state index in [0.717, 1.165) is 70.6 Å². The highest BCUT2D eigenvalue weighted by Gasteiger charge is 2.28. The molecular formula is C29H27I2N7. The van der Waals surface area contributed by atoms with Crippen molar-refractivity contribution in [3.8, 4) is 22.3 Å². The van der Waals surface area contributed by atoms with Gasteiger partial charge in [-0.05, 0) is 73.5 Å². The molecule has 0 aliphatic carbocycles. The van der Waals surface area contributed by atoms with Crippen LogP contribution in [0.4, 0.5) is 34.1 Å². The van der Waals surface area contributed by atoms with Gasteiger partial charge in [0.1, 0.15) is 0 Å². The van der Waals surface area contributed by atoms with E-state index in [0.29, 0.717) is 34.1 Å². The van der Waals surface area contributed by atoms with E-state index in [9.17, 15) is 0 Å². The van der Waals surface area contributed by atoms with Gasteiger partial charge in [0.05, 0.1) is 34.1 Å². The summed E-state index contributed by atoms with van der Waals surface area (Å²) in [4.78, 5) is 2.38. The van der Waals surface area contributed by atoms with Crippen LogP contribution in [0.1, 0.15) is 5.56 Å². The minimum Gasteiger partial charge on any atom is -0.396 e.